The minimum Gasteiger partial charge on any atom is -0.411 e. The molecule has 1 saturated heterocycles. The van der Waals surface area contributed by atoms with Crippen LogP contribution in [-0.2, 0) is 9.16 Å². The number of fused-ring (bicyclic) bond motifs is 2. The summed E-state index contributed by atoms with van der Waals surface area (Å²) in [5.41, 5.74) is 2.45. The average Bonchev–Trinajstić information content (AvgIpc) is 3.50. The molecule has 0 amide bonds. The number of benzene rings is 1. The highest BCUT2D eigenvalue weighted by Crippen LogP contribution is 2.41. The molecule has 3 aromatic heterocycles. The third kappa shape index (κ3) is 3.96. The van der Waals surface area contributed by atoms with Crippen LogP contribution < -0.4 is 4.84 Å². The van der Waals surface area contributed by atoms with Crippen molar-refractivity contribution in [2.24, 2.45) is 0 Å². The molecule has 1 N–H and O–H groups in total. The zero-order valence-corrected chi connectivity index (χ0v) is 20.9. The van der Waals surface area contributed by atoms with Crippen molar-refractivity contribution in [3.05, 3.63) is 36.9 Å². The smallest absolute Gasteiger partial charge is 0.280 e. The molecular formula is C22H29N7O4Si. The van der Waals surface area contributed by atoms with E-state index in [1.54, 1.807) is 6.33 Å². The Hall–Kier alpha value is -2.93. The lowest BCUT2D eigenvalue weighted by molar-refractivity contribution is -0.0410. The van der Waals surface area contributed by atoms with Gasteiger partial charge in [0.15, 0.2) is 19.5 Å². The fraction of sp³-hybridized carbons (Fsp3) is 0.500. The second-order valence-corrected chi connectivity index (χ2v) is 14.8. The zero-order valence-electron chi connectivity index (χ0n) is 19.9. The zero-order chi connectivity index (χ0) is 24.1. The first-order valence-corrected chi connectivity index (χ1v) is 14.2. The van der Waals surface area contributed by atoms with Crippen LogP contribution in [0.15, 0.2) is 36.9 Å². The van der Waals surface area contributed by atoms with Gasteiger partial charge in [-0.3, -0.25) is 4.57 Å². The maximum Gasteiger partial charge on any atom is 0.280 e. The van der Waals surface area contributed by atoms with Gasteiger partial charge in [-0.15, -0.1) is 5.10 Å². The summed E-state index contributed by atoms with van der Waals surface area (Å²) in [5, 5.41) is 18.2. The highest BCUT2D eigenvalue weighted by Gasteiger charge is 2.45. The molecule has 11 nitrogen and oxygen atoms in total. The monoisotopic (exact) mass is 483 g/mol. The van der Waals surface area contributed by atoms with Crippen molar-refractivity contribution in [2.75, 3.05) is 6.61 Å². The number of hydrogen-bond acceptors (Lipinski definition) is 9. The Morgan fingerprint density at radius 2 is 1.97 bits per heavy atom. The molecular weight excluding hydrogens is 454 g/mol. The quantitative estimate of drug-likeness (QED) is 0.412. The summed E-state index contributed by atoms with van der Waals surface area (Å²) in [7, 11) is -2.04. The number of aliphatic hydroxyl groups excluding tert-OH is 1. The number of aromatic nitrogens is 7. The van der Waals surface area contributed by atoms with E-state index in [0.29, 0.717) is 28.6 Å². The van der Waals surface area contributed by atoms with E-state index in [0.717, 1.165) is 0 Å². The normalized spacial score (nSPS) is 21.5. The molecule has 0 spiro atoms. The minimum absolute atomic E-state index is 0.0534. The van der Waals surface area contributed by atoms with Crippen LogP contribution in [0, 0.1) is 0 Å². The molecule has 5 rings (SSSR count). The largest absolute Gasteiger partial charge is 0.411 e. The molecule has 3 atom stereocenters. The first-order valence-electron chi connectivity index (χ1n) is 11.3. The van der Waals surface area contributed by atoms with Gasteiger partial charge in [-0.2, -0.15) is 4.98 Å². The first kappa shape index (κ1) is 22.8. The van der Waals surface area contributed by atoms with Crippen molar-refractivity contribution in [3.8, 4) is 5.88 Å². The summed E-state index contributed by atoms with van der Waals surface area (Å²) in [5.74, 6) is 0.255. The second-order valence-electron chi connectivity index (χ2n) is 10.0. The van der Waals surface area contributed by atoms with Gasteiger partial charge in [0.2, 0.25) is 0 Å². The van der Waals surface area contributed by atoms with Gasteiger partial charge in [0.25, 0.3) is 5.88 Å². The fourth-order valence-electron chi connectivity index (χ4n) is 3.82. The van der Waals surface area contributed by atoms with Gasteiger partial charge in [0.1, 0.15) is 29.7 Å². The van der Waals surface area contributed by atoms with Crippen LogP contribution in [0.4, 0.5) is 0 Å². The second kappa shape index (κ2) is 8.38. The van der Waals surface area contributed by atoms with Crippen molar-refractivity contribution >= 4 is 30.5 Å². The van der Waals surface area contributed by atoms with Crippen molar-refractivity contribution in [2.45, 2.75) is 63.8 Å². The number of para-hydroxylation sites is 1. The van der Waals surface area contributed by atoms with Gasteiger partial charge in [-0.05, 0) is 35.5 Å². The van der Waals surface area contributed by atoms with Crippen LogP contribution in [0.2, 0.25) is 18.1 Å². The molecule has 1 fully saturated rings. The van der Waals surface area contributed by atoms with Gasteiger partial charge in [0.05, 0.1) is 19.0 Å². The van der Waals surface area contributed by atoms with E-state index in [2.05, 4.69) is 59.1 Å². The highest BCUT2D eigenvalue weighted by atomic mass is 28.4. The van der Waals surface area contributed by atoms with Crippen LogP contribution in [0.5, 0.6) is 5.88 Å². The maximum absolute atomic E-state index is 9.96. The van der Waals surface area contributed by atoms with Gasteiger partial charge in [-0.25, -0.2) is 9.97 Å². The molecule has 0 saturated carbocycles. The predicted octanol–water partition coefficient (Wildman–Crippen LogP) is 3.08. The Morgan fingerprint density at radius 1 is 1.18 bits per heavy atom. The van der Waals surface area contributed by atoms with E-state index in [1.807, 2.05) is 28.8 Å². The Morgan fingerprint density at radius 3 is 2.74 bits per heavy atom. The molecule has 1 aliphatic rings. The fourth-order valence-corrected chi connectivity index (χ4v) is 5.18. The number of imidazole rings is 1. The van der Waals surface area contributed by atoms with Crippen molar-refractivity contribution in [3.63, 3.8) is 0 Å². The number of rotatable bonds is 6. The van der Waals surface area contributed by atoms with Gasteiger partial charge >= 0.3 is 0 Å². The van der Waals surface area contributed by atoms with Crippen molar-refractivity contribution in [1.82, 2.24) is 34.7 Å². The molecule has 1 aliphatic heterocycles. The SMILES string of the molecule is CC(C)(C)[Si](C)(C)OC1C[C@H](n2cnc3c(On4nnc5ccccc54)ncnc32)O[C@@H]1CO. The molecule has 4 aromatic rings. The van der Waals surface area contributed by atoms with Crippen LogP contribution in [-0.4, -0.2) is 66.9 Å². The maximum atomic E-state index is 9.96. The third-order valence-corrected chi connectivity index (χ3v) is 11.2. The topological polar surface area (TPSA) is 122 Å². The number of aliphatic hydroxyl groups is 1. The lowest BCUT2D eigenvalue weighted by Crippen LogP contribution is -2.46. The molecule has 34 heavy (non-hydrogen) atoms. The predicted molar refractivity (Wildman–Crippen MR) is 127 cm³/mol. The lowest BCUT2D eigenvalue weighted by atomic mass is 10.2. The standard InChI is InChI=1S/C22H29N7O4Si/c1-22(2,3)34(4,5)33-16-10-18(31-17(16)11-30)28-13-25-19-20(28)23-12-24-21(19)32-29-15-9-7-6-8-14(15)26-27-29/h6-9,12-13,16-18,30H,10-11H2,1-5H3/t16?,17-,18-/m1/s1. The lowest BCUT2D eigenvalue weighted by Gasteiger charge is -2.39. The van der Waals surface area contributed by atoms with Crippen molar-refractivity contribution < 1.29 is 19.1 Å². The average molecular weight is 484 g/mol. The molecule has 0 bridgehead atoms. The Balaban J connectivity index is 1.42. The van der Waals surface area contributed by atoms with E-state index < -0.39 is 14.4 Å². The highest BCUT2D eigenvalue weighted by molar-refractivity contribution is 6.74. The van der Waals surface area contributed by atoms with Crippen LogP contribution in [0.25, 0.3) is 22.2 Å². The summed E-state index contributed by atoms with van der Waals surface area (Å²) < 4.78 is 14.6. The Labute approximate surface area is 197 Å². The molecule has 180 valence electrons. The first-order chi connectivity index (χ1) is 16.2. The van der Waals surface area contributed by atoms with E-state index in [1.165, 1.54) is 11.2 Å². The number of nitrogens with zero attached hydrogens (tertiary/aromatic N) is 7. The molecule has 0 aliphatic carbocycles. The molecule has 4 heterocycles. The van der Waals surface area contributed by atoms with E-state index in [9.17, 15) is 5.11 Å². The van der Waals surface area contributed by atoms with Gasteiger partial charge in [-0.1, -0.05) is 37.7 Å². The van der Waals surface area contributed by atoms with Crippen LogP contribution in [0.1, 0.15) is 33.4 Å². The van der Waals surface area contributed by atoms with Crippen LogP contribution in [0.3, 0.4) is 0 Å². The Bertz CT molecular complexity index is 1320. The molecule has 1 aromatic carbocycles. The summed E-state index contributed by atoms with van der Waals surface area (Å²) in [6, 6.07) is 7.47. The third-order valence-electron chi connectivity index (χ3n) is 6.74. The summed E-state index contributed by atoms with van der Waals surface area (Å²) in [4.78, 5) is 20.4. The molecule has 0 radical (unpaired) electrons. The van der Waals surface area contributed by atoms with E-state index >= 15 is 0 Å². The van der Waals surface area contributed by atoms with Gasteiger partial charge < -0.3 is 19.1 Å². The van der Waals surface area contributed by atoms with Gasteiger partial charge in [0, 0.05) is 6.42 Å². The molecule has 12 heteroatoms. The van der Waals surface area contributed by atoms with E-state index in [4.69, 9.17) is 14.0 Å². The summed E-state index contributed by atoms with van der Waals surface area (Å²) >= 11 is 0. The van der Waals surface area contributed by atoms with Crippen LogP contribution >= 0.6 is 0 Å². The minimum atomic E-state index is -2.04. The number of hydrogen-bond donors (Lipinski definition) is 1. The Kier molecular flexibility index (Phi) is 5.63. The van der Waals surface area contributed by atoms with E-state index in [-0.39, 0.29) is 29.9 Å². The van der Waals surface area contributed by atoms with Crippen molar-refractivity contribution in [1.29, 1.82) is 0 Å². The molecule has 1 unspecified atom stereocenters. The number of ether oxygens (including phenoxy) is 1. The summed E-state index contributed by atoms with van der Waals surface area (Å²) in [6.45, 7) is 10.9. The summed E-state index contributed by atoms with van der Waals surface area (Å²) in [6.07, 6.45) is 2.63.